The second kappa shape index (κ2) is 6.26. The second-order valence-corrected chi connectivity index (χ2v) is 5.72. The molecule has 1 aromatic rings. The number of allylic oxidation sites excluding steroid dienone is 4. The first-order valence-corrected chi connectivity index (χ1v) is 7.77. The summed E-state index contributed by atoms with van der Waals surface area (Å²) in [6.45, 7) is 14.8. The van der Waals surface area contributed by atoms with Crippen LogP contribution in [0.15, 0.2) is 53.6 Å². The molecule has 0 radical (unpaired) electrons. The lowest BCUT2D eigenvalue weighted by Crippen LogP contribution is -2.09. The van der Waals surface area contributed by atoms with Crippen molar-refractivity contribution >= 4 is 0 Å². The molecule has 1 aromatic carbocycles. The van der Waals surface area contributed by atoms with E-state index >= 15 is 0 Å². The van der Waals surface area contributed by atoms with Gasteiger partial charge in [0.1, 0.15) is 0 Å². The van der Waals surface area contributed by atoms with Crippen molar-refractivity contribution in [1.29, 1.82) is 0 Å². The third-order valence-electron chi connectivity index (χ3n) is 4.57. The molecule has 1 aliphatic carbocycles. The van der Waals surface area contributed by atoms with E-state index in [1.807, 2.05) is 0 Å². The Balaban J connectivity index is 1.98. The van der Waals surface area contributed by atoms with Crippen LogP contribution >= 0.6 is 0 Å². The molecule has 20 heavy (non-hydrogen) atoms. The van der Waals surface area contributed by atoms with Gasteiger partial charge < -0.3 is 0 Å². The van der Waals surface area contributed by atoms with E-state index in [0.29, 0.717) is 0 Å². The molecular formula is C20H26. The van der Waals surface area contributed by atoms with Gasteiger partial charge in [-0.15, -0.1) is 0 Å². The van der Waals surface area contributed by atoms with Crippen LogP contribution in [0.1, 0.15) is 50.3 Å². The Morgan fingerprint density at radius 1 is 0.900 bits per heavy atom. The predicted molar refractivity (Wildman–Crippen MR) is 89.1 cm³/mol. The van der Waals surface area contributed by atoms with E-state index < -0.39 is 0 Å². The summed E-state index contributed by atoms with van der Waals surface area (Å²) in [7, 11) is 0. The summed E-state index contributed by atoms with van der Waals surface area (Å²) in [5, 5.41) is 0. The molecule has 0 aliphatic heterocycles. The Labute approximate surface area is 123 Å². The maximum atomic E-state index is 4.10. The van der Waals surface area contributed by atoms with Crippen molar-refractivity contribution in [3.63, 3.8) is 0 Å². The van der Waals surface area contributed by atoms with Gasteiger partial charge in [0.25, 0.3) is 0 Å². The predicted octanol–water partition coefficient (Wildman–Crippen LogP) is 5.58. The smallest absolute Gasteiger partial charge is 0.0224 e. The molecule has 0 heteroatoms. The first-order valence-electron chi connectivity index (χ1n) is 7.77. The van der Waals surface area contributed by atoms with Crippen LogP contribution in [0.4, 0.5) is 0 Å². The summed E-state index contributed by atoms with van der Waals surface area (Å²) in [6, 6.07) is 6.99. The van der Waals surface area contributed by atoms with Crippen LogP contribution in [0.3, 0.4) is 0 Å². The normalized spacial score (nSPS) is 14.8. The lowest BCUT2D eigenvalue weighted by atomic mass is 9.78. The third-order valence-corrected chi connectivity index (χ3v) is 4.57. The highest BCUT2D eigenvalue weighted by atomic mass is 14.3. The van der Waals surface area contributed by atoms with E-state index in [1.54, 1.807) is 0 Å². The van der Waals surface area contributed by atoms with Gasteiger partial charge in [0.05, 0.1) is 0 Å². The number of hydrogen-bond acceptors (Lipinski definition) is 0. The zero-order chi connectivity index (χ0) is 14.7. The highest BCUT2D eigenvalue weighted by Crippen LogP contribution is 2.39. The van der Waals surface area contributed by atoms with Gasteiger partial charge in [0.15, 0.2) is 0 Å². The topological polar surface area (TPSA) is 0 Å². The lowest BCUT2D eigenvalue weighted by Gasteiger charge is -2.27. The van der Waals surface area contributed by atoms with Crippen LogP contribution in [-0.2, 0) is 19.3 Å². The average molecular weight is 266 g/mol. The summed E-state index contributed by atoms with van der Waals surface area (Å²) in [4.78, 5) is 0. The van der Waals surface area contributed by atoms with E-state index in [9.17, 15) is 0 Å². The minimum atomic E-state index is 1.13. The molecular weight excluding hydrogens is 240 g/mol. The highest BCUT2D eigenvalue weighted by molar-refractivity contribution is 5.66. The second-order valence-electron chi connectivity index (χ2n) is 5.72. The quantitative estimate of drug-likeness (QED) is 0.631. The molecule has 0 heterocycles. The Hall–Kier alpha value is -1.56. The summed E-state index contributed by atoms with van der Waals surface area (Å²) in [5.41, 5.74) is 9.64. The fraction of sp³-hybridized carbons (Fsp3) is 0.400. The molecule has 106 valence electrons. The summed E-state index contributed by atoms with van der Waals surface area (Å²) >= 11 is 0. The maximum Gasteiger partial charge on any atom is -0.0224 e. The fourth-order valence-corrected chi connectivity index (χ4v) is 3.02. The first kappa shape index (κ1) is 14.8. The van der Waals surface area contributed by atoms with Crippen molar-refractivity contribution < 1.29 is 0 Å². The molecule has 1 aliphatic rings. The van der Waals surface area contributed by atoms with Crippen molar-refractivity contribution in [1.82, 2.24) is 0 Å². The third kappa shape index (κ3) is 2.80. The molecule has 0 nitrogen and oxygen atoms in total. The van der Waals surface area contributed by atoms with Crippen molar-refractivity contribution in [3.05, 3.63) is 70.3 Å². The Bertz CT molecular complexity index is 570. The van der Waals surface area contributed by atoms with Crippen molar-refractivity contribution in [2.75, 3.05) is 0 Å². The molecule has 0 fully saturated rings. The van der Waals surface area contributed by atoms with E-state index in [0.717, 1.165) is 24.8 Å². The van der Waals surface area contributed by atoms with Crippen LogP contribution in [0.5, 0.6) is 0 Å². The van der Waals surface area contributed by atoms with E-state index in [1.165, 1.54) is 46.3 Å². The standard InChI is InChI=1S/C20H26/c1-6-17-11-12-19(18(7-2)13-17)9-8-10-20-15(4)14(3)16(20)5/h11-13H,3-4,6-10H2,1-2,5H3. The summed E-state index contributed by atoms with van der Waals surface area (Å²) in [6.07, 6.45) is 5.78. The highest BCUT2D eigenvalue weighted by Gasteiger charge is 2.21. The van der Waals surface area contributed by atoms with Gasteiger partial charge >= 0.3 is 0 Å². The van der Waals surface area contributed by atoms with Gasteiger partial charge in [0, 0.05) is 0 Å². The zero-order valence-corrected chi connectivity index (χ0v) is 13.2. The molecule has 2 rings (SSSR count). The average Bonchev–Trinajstić information content (AvgIpc) is 2.50. The summed E-state index contributed by atoms with van der Waals surface area (Å²) in [5.74, 6) is 0. The van der Waals surface area contributed by atoms with Gasteiger partial charge in [-0.2, -0.15) is 0 Å². The molecule has 0 atom stereocenters. The molecule has 0 bridgehead atoms. The lowest BCUT2D eigenvalue weighted by molar-refractivity contribution is 0.792. The molecule has 0 amide bonds. The largest absolute Gasteiger partial charge is 0.0909 e. The minimum Gasteiger partial charge on any atom is -0.0909 e. The van der Waals surface area contributed by atoms with Crippen LogP contribution < -0.4 is 0 Å². The van der Waals surface area contributed by atoms with Crippen molar-refractivity contribution in [2.24, 2.45) is 0 Å². The number of hydrogen-bond donors (Lipinski definition) is 0. The monoisotopic (exact) mass is 266 g/mol. The number of benzene rings is 1. The Kier molecular flexibility index (Phi) is 4.65. The van der Waals surface area contributed by atoms with Crippen LogP contribution in [0.25, 0.3) is 0 Å². The molecule has 0 saturated heterocycles. The molecule has 0 N–H and O–H groups in total. The van der Waals surface area contributed by atoms with Gasteiger partial charge in [-0.3, -0.25) is 0 Å². The van der Waals surface area contributed by atoms with Crippen molar-refractivity contribution in [3.8, 4) is 0 Å². The first-order chi connectivity index (χ1) is 9.58. The zero-order valence-electron chi connectivity index (χ0n) is 13.2. The van der Waals surface area contributed by atoms with Gasteiger partial charge in [-0.05, 0) is 78.0 Å². The van der Waals surface area contributed by atoms with Crippen LogP contribution in [0, 0.1) is 0 Å². The number of aryl methyl sites for hydroxylation is 3. The number of rotatable bonds is 6. The molecule has 0 unspecified atom stereocenters. The van der Waals surface area contributed by atoms with Gasteiger partial charge in [-0.25, -0.2) is 0 Å². The van der Waals surface area contributed by atoms with Crippen LogP contribution in [0.2, 0.25) is 0 Å². The molecule has 0 spiro atoms. The van der Waals surface area contributed by atoms with Gasteiger partial charge in [-0.1, -0.05) is 45.2 Å². The Morgan fingerprint density at radius 3 is 2.25 bits per heavy atom. The SMILES string of the molecule is C=C1C(=C)C(CCCc2ccc(CC)cc2CC)=C1C. The van der Waals surface area contributed by atoms with Crippen molar-refractivity contribution in [2.45, 2.75) is 52.9 Å². The fourth-order valence-electron chi connectivity index (χ4n) is 3.02. The van der Waals surface area contributed by atoms with E-state index in [-0.39, 0.29) is 0 Å². The molecule has 0 aromatic heterocycles. The van der Waals surface area contributed by atoms with E-state index in [4.69, 9.17) is 0 Å². The molecule has 0 saturated carbocycles. The van der Waals surface area contributed by atoms with Gasteiger partial charge in [0.2, 0.25) is 0 Å². The minimum absolute atomic E-state index is 1.13. The van der Waals surface area contributed by atoms with E-state index in [2.05, 4.69) is 52.1 Å². The summed E-state index contributed by atoms with van der Waals surface area (Å²) < 4.78 is 0. The van der Waals surface area contributed by atoms with Crippen LogP contribution in [-0.4, -0.2) is 0 Å². The maximum absolute atomic E-state index is 4.10. The Morgan fingerprint density at radius 2 is 1.65 bits per heavy atom.